The second-order valence-electron chi connectivity index (χ2n) is 3.30. The molecule has 0 spiro atoms. The van der Waals surface area contributed by atoms with Crippen LogP contribution in [0.15, 0.2) is 12.1 Å². The Bertz CT molecular complexity index is 285. The van der Waals surface area contributed by atoms with Gasteiger partial charge in [0.25, 0.3) is 0 Å². The molecule has 1 aliphatic rings. The summed E-state index contributed by atoms with van der Waals surface area (Å²) < 4.78 is 0. The van der Waals surface area contributed by atoms with Crippen molar-refractivity contribution >= 4 is 42.2 Å². The van der Waals surface area contributed by atoms with E-state index in [9.17, 15) is 0 Å². The Morgan fingerprint density at radius 2 is 1.94 bits per heavy atom. The van der Waals surface area contributed by atoms with E-state index in [2.05, 4.69) is 20.4 Å². The smallest absolute Gasteiger partial charge is 0.151 e. The fraction of sp³-hybridized carbons (Fsp3) is 0.556. The average molecular weight is 286 g/mol. The molecule has 1 N–H and O–H groups in total. The number of nitrogens with one attached hydrogen (secondary N) is 1. The first kappa shape index (κ1) is 15.7. The average Bonchev–Trinajstić information content (AvgIpc) is 2.47. The maximum atomic E-state index is 5.68. The van der Waals surface area contributed by atoms with Crippen molar-refractivity contribution in [1.82, 2.24) is 15.5 Å². The van der Waals surface area contributed by atoms with E-state index in [1.165, 1.54) is 0 Å². The summed E-state index contributed by atoms with van der Waals surface area (Å²) in [6.45, 7) is 4.10. The van der Waals surface area contributed by atoms with E-state index >= 15 is 0 Å². The summed E-state index contributed by atoms with van der Waals surface area (Å²) in [5.74, 6) is 0.915. The van der Waals surface area contributed by atoms with Crippen LogP contribution < -0.4 is 10.2 Å². The van der Waals surface area contributed by atoms with Crippen LogP contribution in [0, 0.1) is 0 Å². The number of anilines is 1. The molecule has 16 heavy (non-hydrogen) atoms. The van der Waals surface area contributed by atoms with Crippen LogP contribution in [0.1, 0.15) is 6.42 Å². The zero-order valence-electron chi connectivity index (χ0n) is 8.73. The molecule has 1 aromatic rings. The van der Waals surface area contributed by atoms with Gasteiger partial charge in [-0.3, -0.25) is 0 Å². The standard InChI is InChI=1S/C9H13ClN4.2ClH/c10-8-2-3-9(13-12-8)14-6-1-4-11-5-7-14;;/h2-3,11H,1,4-7H2;2*1H. The lowest BCUT2D eigenvalue weighted by Crippen LogP contribution is -2.28. The molecule has 0 saturated carbocycles. The summed E-state index contributed by atoms with van der Waals surface area (Å²) in [6, 6.07) is 3.70. The van der Waals surface area contributed by atoms with Crippen molar-refractivity contribution in [3.63, 3.8) is 0 Å². The fourth-order valence-electron chi connectivity index (χ4n) is 1.55. The van der Waals surface area contributed by atoms with Crippen LogP contribution in [0.3, 0.4) is 0 Å². The molecule has 2 rings (SSSR count). The first-order valence-electron chi connectivity index (χ1n) is 4.81. The Morgan fingerprint density at radius 3 is 2.62 bits per heavy atom. The molecule has 4 nitrogen and oxygen atoms in total. The first-order chi connectivity index (χ1) is 6.86. The van der Waals surface area contributed by atoms with E-state index in [-0.39, 0.29) is 24.8 Å². The highest BCUT2D eigenvalue weighted by molar-refractivity contribution is 6.29. The lowest BCUT2D eigenvalue weighted by molar-refractivity contribution is 0.724. The van der Waals surface area contributed by atoms with E-state index in [1.807, 2.05) is 6.07 Å². The molecule has 0 radical (unpaired) electrons. The van der Waals surface area contributed by atoms with Gasteiger partial charge in [0, 0.05) is 19.6 Å². The minimum Gasteiger partial charge on any atom is -0.354 e. The van der Waals surface area contributed by atoms with Crippen LogP contribution in [-0.2, 0) is 0 Å². The Balaban J connectivity index is 0.00000112. The lowest BCUT2D eigenvalue weighted by Gasteiger charge is -2.19. The molecule has 1 aliphatic heterocycles. The second kappa shape index (κ2) is 7.90. The SMILES string of the molecule is Cl.Cl.Clc1ccc(N2CCCNCC2)nn1. The summed E-state index contributed by atoms with van der Waals surface area (Å²) in [6.07, 6.45) is 1.14. The van der Waals surface area contributed by atoms with Gasteiger partial charge in [-0.15, -0.1) is 35.0 Å². The van der Waals surface area contributed by atoms with Gasteiger partial charge in [-0.1, -0.05) is 11.6 Å². The van der Waals surface area contributed by atoms with Gasteiger partial charge >= 0.3 is 0 Å². The van der Waals surface area contributed by atoms with Crippen molar-refractivity contribution in [3.8, 4) is 0 Å². The molecule has 0 unspecified atom stereocenters. The van der Waals surface area contributed by atoms with Crippen molar-refractivity contribution in [2.45, 2.75) is 6.42 Å². The summed E-state index contributed by atoms with van der Waals surface area (Å²) >= 11 is 5.68. The van der Waals surface area contributed by atoms with Crippen molar-refractivity contribution in [3.05, 3.63) is 17.3 Å². The van der Waals surface area contributed by atoms with Crippen molar-refractivity contribution < 1.29 is 0 Å². The Kier molecular flexibility index (Phi) is 7.76. The van der Waals surface area contributed by atoms with Crippen LogP contribution in [0.25, 0.3) is 0 Å². The Morgan fingerprint density at radius 1 is 1.12 bits per heavy atom. The molecule has 1 aromatic heterocycles. The number of hydrogen-bond donors (Lipinski definition) is 1. The fourth-order valence-corrected chi connectivity index (χ4v) is 1.65. The van der Waals surface area contributed by atoms with Crippen LogP contribution in [0.2, 0.25) is 5.15 Å². The number of hydrogen-bond acceptors (Lipinski definition) is 4. The maximum absolute atomic E-state index is 5.68. The molecular formula is C9H15Cl3N4. The molecule has 0 bridgehead atoms. The zero-order valence-corrected chi connectivity index (χ0v) is 11.1. The maximum Gasteiger partial charge on any atom is 0.151 e. The summed E-state index contributed by atoms with van der Waals surface area (Å²) in [5, 5.41) is 11.7. The van der Waals surface area contributed by atoms with Crippen LogP contribution >= 0.6 is 36.4 Å². The van der Waals surface area contributed by atoms with E-state index in [0.717, 1.165) is 38.4 Å². The van der Waals surface area contributed by atoms with Crippen molar-refractivity contribution in [2.24, 2.45) is 0 Å². The highest BCUT2D eigenvalue weighted by Crippen LogP contribution is 2.12. The number of aromatic nitrogens is 2. The van der Waals surface area contributed by atoms with Gasteiger partial charge in [-0.2, -0.15) is 0 Å². The van der Waals surface area contributed by atoms with E-state index < -0.39 is 0 Å². The number of nitrogens with zero attached hydrogens (tertiary/aromatic N) is 3. The molecular weight excluding hydrogens is 270 g/mol. The second-order valence-corrected chi connectivity index (χ2v) is 3.69. The van der Waals surface area contributed by atoms with Gasteiger partial charge in [0.2, 0.25) is 0 Å². The monoisotopic (exact) mass is 284 g/mol. The van der Waals surface area contributed by atoms with Crippen LogP contribution in [0.5, 0.6) is 0 Å². The Labute approximate surface area is 113 Å². The molecule has 2 heterocycles. The number of rotatable bonds is 1. The third-order valence-corrected chi connectivity index (χ3v) is 2.48. The van der Waals surface area contributed by atoms with Gasteiger partial charge in [0.1, 0.15) is 0 Å². The van der Waals surface area contributed by atoms with Gasteiger partial charge in [0.15, 0.2) is 11.0 Å². The molecule has 1 saturated heterocycles. The topological polar surface area (TPSA) is 41.0 Å². The largest absolute Gasteiger partial charge is 0.354 e. The highest BCUT2D eigenvalue weighted by atomic mass is 35.5. The van der Waals surface area contributed by atoms with Gasteiger partial charge < -0.3 is 10.2 Å². The molecule has 0 amide bonds. The minimum atomic E-state index is 0. The molecule has 0 atom stereocenters. The molecule has 7 heteroatoms. The first-order valence-corrected chi connectivity index (χ1v) is 5.19. The molecule has 0 aromatic carbocycles. The molecule has 1 fully saturated rings. The van der Waals surface area contributed by atoms with Gasteiger partial charge in [-0.25, -0.2) is 0 Å². The zero-order chi connectivity index (χ0) is 9.80. The summed E-state index contributed by atoms with van der Waals surface area (Å²) in [4.78, 5) is 2.23. The predicted octanol–water partition coefficient (Wildman–Crippen LogP) is 1.77. The summed E-state index contributed by atoms with van der Waals surface area (Å²) in [5.41, 5.74) is 0. The van der Waals surface area contributed by atoms with E-state index in [1.54, 1.807) is 6.07 Å². The van der Waals surface area contributed by atoms with Crippen LogP contribution in [0.4, 0.5) is 5.82 Å². The van der Waals surface area contributed by atoms with Gasteiger partial charge in [0.05, 0.1) is 0 Å². The van der Waals surface area contributed by atoms with Gasteiger partial charge in [-0.05, 0) is 25.1 Å². The minimum absolute atomic E-state index is 0. The van der Waals surface area contributed by atoms with E-state index in [0.29, 0.717) is 5.15 Å². The van der Waals surface area contributed by atoms with Crippen LogP contribution in [-0.4, -0.2) is 36.4 Å². The number of halogens is 3. The van der Waals surface area contributed by atoms with Crippen molar-refractivity contribution in [2.75, 3.05) is 31.1 Å². The van der Waals surface area contributed by atoms with Crippen molar-refractivity contribution in [1.29, 1.82) is 0 Å². The third kappa shape index (κ3) is 4.29. The van der Waals surface area contributed by atoms with E-state index in [4.69, 9.17) is 11.6 Å². The lowest BCUT2D eigenvalue weighted by atomic mass is 10.4. The highest BCUT2D eigenvalue weighted by Gasteiger charge is 2.10. The molecule has 92 valence electrons. The predicted molar refractivity (Wildman–Crippen MR) is 71.2 cm³/mol. The quantitative estimate of drug-likeness (QED) is 0.854. The summed E-state index contributed by atoms with van der Waals surface area (Å²) in [7, 11) is 0. The third-order valence-electron chi connectivity index (χ3n) is 2.28. The Hall–Kier alpha value is -0.290. The molecule has 0 aliphatic carbocycles. The normalized spacial score (nSPS) is 15.7.